The smallest absolute Gasteiger partial charge is 0.421 e. The second-order valence-electron chi connectivity index (χ2n) is 4.78. The maximum atomic E-state index is 11.7. The number of hydrogen-bond donors (Lipinski definition) is 1. The predicted octanol–water partition coefficient (Wildman–Crippen LogP) is 2.04. The third kappa shape index (κ3) is 4.03. The number of hydrogen-bond acceptors (Lipinski definition) is 4. The van der Waals surface area contributed by atoms with Gasteiger partial charge in [-0.3, -0.25) is 0 Å². The molecule has 0 heterocycles. The van der Waals surface area contributed by atoms with E-state index in [0.29, 0.717) is 0 Å². The van der Waals surface area contributed by atoms with Gasteiger partial charge in [-0.2, -0.15) is 0 Å². The molecule has 5 nitrogen and oxygen atoms in total. The molecule has 0 aliphatic heterocycles. The third-order valence-electron chi connectivity index (χ3n) is 2.24. The highest BCUT2D eigenvalue weighted by Crippen LogP contribution is 2.13. The maximum Gasteiger partial charge on any atom is 0.421 e. The molecule has 0 atom stereocenters. The molecule has 0 saturated heterocycles. The van der Waals surface area contributed by atoms with Crippen LogP contribution in [0.4, 0.5) is 4.79 Å². The van der Waals surface area contributed by atoms with Crippen LogP contribution in [0.1, 0.15) is 26.3 Å². The summed E-state index contributed by atoms with van der Waals surface area (Å²) in [5, 5.41) is 0. The molecule has 0 unspecified atom stereocenters. The van der Waals surface area contributed by atoms with E-state index in [1.165, 1.54) is 20.8 Å². The number of carbonyl (C=O) groups is 1. The summed E-state index contributed by atoms with van der Waals surface area (Å²) in [7, 11) is -3.73. The van der Waals surface area contributed by atoms with E-state index < -0.39 is 20.9 Å². The van der Waals surface area contributed by atoms with Crippen LogP contribution >= 0.6 is 0 Å². The molecule has 0 spiro atoms. The fourth-order valence-corrected chi connectivity index (χ4v) is 1.60. The normalized spacial score (nSPS) is 11.9. The van der Waals surface area contributed by atoms with Gasteiger partial charge in [0.15, 0.2) is 0 Å². The number of rotatable bonds is 3. The summed E-state index contributed by atoms with van der Waals surface area (Å²) in [6.07, 6.45) is -0.964. The van der Waals surface area contributed by atoms with Crippen molar-refractivity contribution in [1.82, 2.24) is 4.72 Å². The third-order valence-corrected chi connectivity index (χ3v) is 4.28. The second-order valence-corrected chi connectivity index (χ2v) is 7.22. The molecule has 18 heavy (non-hydrogen) atoms. The van der Waals surface area contributed by atoms with Gasteiger partial charge in [0.25, 0.3) is 0 Å². The van der Waals surface area contributed by atoms with Gasteiger partial charge in [0, 0.05) is 0 Å². The summed E-state index contributed by atoms with van der Waals surface area (Å²) in [4.78, 5) is 11.4. The molecule has 1 aromatic carbocycles. The van der Waals surface area contributed by atoms with E-state index in [1.807, 2.05) is 22.9 Å². The summed E-state index contributed by atoms with van der Waals surface area (Å²) in [5.41, 5.74) is 0.792. The zero-order valence-corrected chi connectivity index (χ0v) is 11.5. The molecule has 1 rings (SSSR count). The summed E-state index contributed by atoms with van der Waals surface area (Å²) in [6, 6.07) is 9.02. The van der Waals surface area contributed by atoms with Crippen molar-refractivity contribution in [3.8, 4) is 0 Å². The molecule has 0 fully saturated rings. The zero-order valence-electron chi connectivity index (χ0n) is 10.6. The minimum Gasteiger partial charge on any atom is -0.444 e. The van der Waals surface area contributed by atoms with Crippen LogP contribution in [0.25, 0.3) is 0 Å². The Morgan fingerprint density at radius 1 is 1.22 bits per heavy atom. The molecule has 6 heteroatoms. The Balaban J connectivity index is 2.54. The first-order valence-electron chi connectivity index (χ1n) is 5.45. The van der Waals surface area contributed by atoms with E-state index in [9.17, 15) is 13.2 Å². The van der Waals surface area contributed by atoms with E-state index >= 15 is 0 Å². The molecular weight excluding hydrogens is 254 g/mol. The quantitative estimate of drug-likeness (QED) is 0.913. The van der Waals surface area contributed by atoms with E-state index in [4.69, 9.17) is 4.74 Å². The van der Waals surface area contributed by atoms with Gasteiger partial charge in [0.05, 0.1) is 4.75 Å². The topological polar surface area (TPSA) is 72.5 Å². The molecule has 1 amide bonds. The van der Waals surface area contributed by atoms with E-state index in [0.717, 1.165) is 5.56 Å². The van der Waals surface area contributed by atoms with Gasteiger partial charge in [-0.1, -0.05) is 30.3 Å². The number of sulfonamides is 1. The van der Waals surface area contributed by atoms with Gasteiger partial charge in [0.2, 0.25) is 10.0 Å². The lowest BCUT2D eigenvalue weighted by atomic mass is 10.2. The molecule has 0 aliphatic rings. The monoisotopic (exact) mass is 271 g/mol. The Labute approximate surface area is 107 Å². The lowest BCUT2D eigenvalue weighted by Gasteiger charge is -2.19. The van der Waals surface area contributed by atoms with Crippen molar-refractivity contribution < 1.29 is 17.9 Å². The Bertz CT molecular complexity index is 503. The van der Waals surface area contributed by atoms with Crippen molar-refractivity contribution in [2.45, 2.75) is 32.1 Å². The van der Waals surface area contributed by atoms with Gasteiger partial charge in [-0.25, -0.2) is 17.9 Å². The average Bonchev–Trinajstić information content (AvgIpc) is 2.26. The first-order chi connectivity index (χ1) is 8.22. The van der Waals surface area contributed by atoms with Crippen LogP contribution in [-0.2, 0) is 21.4 Å². The van der Waals surface area contributed by atoms with Crippen LogP contribution in [-0.4, -0.2) is 19.3 Å². The van der Waals surface area contributed by atoms with Gasteiger partial charge < -0.3 is 4.74 Å². The van der Waals surface area contributed by atoms with E-state index in [1.54, 1.807) is 12.1 Å². The molecule has 1 N–H and O–H groups in total. The van der Waals surface area contributed by atoms with Crippen molar-refractivity contribution in [2.75, 3.05) is 0 Å². The Hall–Kier alpha value is -1.56. The van der Waals surface area contributed by atoms with Crippen molar-refractivity contribution in [2.24, 2.45) is 0 Å². The average molecular weight is 271 g/mol. The SMILES string of the molecule is CC(C)(C)S(=O)(=O)NC(=O)OCc1ccccc1. The Morgan fingerprint density at radius 3 is 2.28 bits per heavy atom. The number of carbonyl (C=O) groups excluding carboxylic acids is 1. The Kier molecular flexibility index (Phi) is 4.34. The summed E-state index contributed by atoms with van der Waals surface area (Å²) in [6.45, 7) is 4.53. The molecule has 0 aromatic heterocycles. The summed E-state index contributed by atoms with van der Waals surface area (Å²) < 4.78 is 29.0. The highest BCUT2D eigenvalue weighted by Gasteiger charge is 2.31. The fourth-order valence-electron chi connectivity index (χ4n) is 1.02. The van der Waals surface area contributed by atoms with Gasteiger partial charge in [0.1, 0.15) is 6.61 Å². The fraction of sp³-hybridized carbons (Fsp3) is 0.417. The first kappa shape index (κ1) is 14.5. The highest BCUT2D eigenvalue weighted by molar-refractivity contribution is 7.91. The van der Waals surface area contributed by atoms with Crippen LogP contribution in [0.3, 0.4) is 0 Å². The van der Waals surface area contributed by atoms with Crippen LogP contribution in [0.2, 0.25) is 0 Å². The van der Waals surface area contributed by atoms with Gasteiger partial charge in [-0.05, 0) is 26.3 Å². The number of nitrogens with one attached hydrogen (secondary N) is 1. The van der Waals surface area contributed by atoms with Crippen molar-refractivity contribution >= 4 is 16.1 Å². The van der Waals surface area contributed by atoms with Gasteiger partial charge in [-0.15, -0.1) is 0 Å². The standard InChI is InChI=1S/C12H17NO4S/c1-12(2,3)18(15,16)13-11(14)17-9-10-7-5-4-6-8-10/h4-8H,9H2,1-3H3,(H,13,14). The number of amides is 1. The minimum absolute atomic E-state index is 0.0341. The molecule has 0 radical (unpaired) electrons. The maximum absolute atomic E-state index is 11.7. The van der Waals surface area contributed by atoms with Crippen molar-refractivity contribution in [3.63, 3.8) is 0 Å². The van der Waals surface area contributed by atoms with Crippen molar-refractivity contribution in [3.05, 3.63) is 35.9 Å². The molecule has 0 aliphatic carbocycles. The van der Waals surface area contributed by atoms with E-state index in [-0.39, 0.29) is 6.61 Å². The lowest BCUT2D eigenvalue weighted by molar-refractivity contribution is 0.145. The lowest BCUT2D eigenvalue weighted by Crippen LogP contribution is -2.42. The van der Waals surface area contributed by atoms with Crippen LogP contribution in [0, 0.1) is 0 Å². The molecule has 1 aromatic rings. The molecule has 0 bridgehead atoms. The molecule has 0 saturated carbocycles. The zero-order chi connectivity index (χ0) is 13.8. The minimum atomic E-state index is -3.73. The largest absolute Gasteiger partial charge is 0.444 e. The van der Waals surface area contributed by atoms with E-state index in [2.05, 4.69) is 0 Å². The molecular formula is C12H17NO4S. The van der Waals surface area contributed by atoms with Crippen LogP contribution in [0.15, 0.2) is 30.3 Å². The summed E-state index contributed by atoms with van der Waals surface area (Å²) >= 11 is 0. The number of benzene rings is 1. The molecule has 100 valence electrons. The first-order valence-corrected chi connectivity index (χ1v) is 6.94. The predicted molar refractivity (Wildman–Crippen MR) is 68.4 cm³/mol. The van der Waals surface area contributed by atoms with Gasteiger partial charge >= 0.3 is 6.09 Å². The Morgan fingerprint density at radius 2 is 1.78 bits per heavy atom. The highest BCUT2D eigenvalue weighted by atomic mass is 32.2. The number of ether oxygens (including phenoxy) is 1. The van der Waals surface area contributed by atoms with Crippen LogP contribution in [0.5, 0.6) is 0 Å². The summed E-state index contributed by atoms with van der Waals surface area (Å²) in [5.74, 6) is 0. The van der Waals surface area contributed by atoms with Crippen molar-refractivity contribution in [1.29, 1.82) is 0 Å². The second kappa shape index (κ2) is 5.39. The van der Waals surface area contributed by atoms with Crippen LogP contribution < -0.4 is 4.72 Å².